The summed E-state index contributed by atoms with van der Waals surface area (Å²) >= 11 is 0. The first kappa shape index (κ1) is 17.5. The third-order valence-electron chi connectivity index (χ3n) is 6.82. The Morgan fingerprint density at radius 2 is 1.47 bits per heavy atom. The number of nitrogens with zero attached hydrogens (tertiary/aromatic N) is 1. The molecule has 2 fully saturated rings. The molecule has 4 nitrogen and oxygen atoms in total. The number of para-hydroxylation sites is 1. The Morgan fingerprint density at radius 3 is 2.33 bits per heavy atom. The molecule has 2 amide bonds. The van der Waals surface area contributed by atoms with E-state index in [-0.39, 0.29) is 23.7 Å². The third-order valence-corrected chi connectivity index (χ3v) is 6.82. The summed E-state index contributed by atoms with van der Waals surface area (Å²) < 4.78 is 5.97. The largest absolute Gasteiger partial charge is 0.456 e. The predicted octanol–water partition coefficient (Wildman–Crippen LogP) is 5.66. The zero-order valence-electron chi connectivity index (χ0n) is 16.5. The van der Waals surface area contributed by atoms with E-state index in [0.717, 1.165) is 35.6 Å². The van der Waals surface area contributed by atoms with Crippen molar-refractivity contribution in [2.75, 3.05) is 4.90 Å². The van der Waals surface area contributed by atoms with Gasteiger partial charge in [0.1, 0.15) is 11.2 Å². The average Bonchev–Trinajstić information content (AvgIpc) is 3.28. The zero-order chi connectivity index (χ0) is 20.2. The maximum atomic E-state index is 13.3. The fourth-order valence-corrected chi connectivity index (χ4v) is 5.32. The summed E-state index contributed by atoms with van der Waals surface area (Å²) in [7, 11) is 0. The molecule has 0 spiro atoms. The fraction of sp³-hybridized carbons (Fsp3) is 0.231. The Hall–Kier alpha value is -3.40. The van der Waals surface area contributed by atoms with Gasteiger partial charge in [-0.2, -0.15) is 0 Å². The second-order valence-electron chi connectivity index (χ2n) is 8.42. The Kier molecular flexibility index (Phi) is 3.82. The lowest BCUT2D eigenvalue weighted by Gasteiger charge is -2.28. The lowest BCUT2D eigenvalue weighted by molar-refractivity contribution is -0.122. The van der Waals surface area contributed by atoms with Crippen LogP contribution in [-0.4, -0.2) is 11.8 Å². The second kappa shape index (κ2) is 6.56. The maximum absolute atomic E-state index is 13.3. The van der Waals surface area contributed by atoms with Crippen molar-refractivity contribution < 1.29 is 14.0 Å². The molecule has 1 saturated carbocycles. The van der Waals surface area contributed by atoms with Crippen LogP contribution in [0.1, 0.15) is 30.7 Å². The molecule has 148 valence electrons. The first-order chi connectivity index (χ1) is 14.7. The number of carbonyl (C=O) groups excluding carboxylic acids is 2. The van der Waals surface area contributed by atoms with Crippen LogP contribution in [0.25, 0.3) is 21.9 Å². The van der Waals surface area contributed by atoms with E-state index in [4.69, 9.17) is 4.42 Å². The highest BCUT2D eigenvalue weighted by Gasteiger charge is 2.50. The van der Waals surface area contributed by atoms with Crippen molar-refractivity contribution in [3.63, 3.8) is 0 Å². The number of carbonyl (C=O) groups is 2. The third kappa shape index (κ3) is 2.53. The first-order valence-corrected chi connectivity index (χ1v) is 10.5. The van der Waals surface area contributed by atoms with E-state index in [9.17, 15) is 9.59 Å². The number of amides is 2. The molecule has 0 unspecified atom stereocenters. The van der Waals surface area contributed by atoms with Crippen molar-refractivity contribution >= 4 is 39.4 Å². The zero-order valence-corrected chi connectivity index (χ0v) is 16.5. The Balaban J connectivity index is 1.34. The molecule has 3 atom stereocenters. The van der Waals surface area contributed by atoms with Crippen LogP contribution in [0.3, 0.4) is 0 Å². The van der Waals surface area contributed by atoms with E-state index < -0.39 is 0 Å². The van der Waals surface area contributed by atoms with Gasteiger partial charge in [0.05, 0.1) is 17.5 Å². The minimum Gasteiger partial charge on any atom is -0.456 e. The van der Waals surface area contributed by atoms with Crippen LogP contribution in [0.5, 0.6) is 0 Å². The lowest BCUT2D eigenvalue weighted by atomic mass is 9.73. The predicted molar refractivity (Wildman–Crippen MR) is 116 cm³/mol. The van der Waals surface area contributed by atoms with E-state index in [1.165, 1.54) is 10.5 Å². The number of furan rings is 1. The molecule has 0 N–H and O–H groups in total. The Labute approximate surface area is 174 Å². The van der Waals surface area contributed by atoms with Gasteiger partial charge in [-0.25, -0.2) is 4.90 Å². The number of benzene rings is 3. The van der Waals surface area contributed by atoms with Gasteiger partial charge in [0, 0.05) is 16.8 Å². The minimum atomic E-state index is -0.233. The minimum absolute atomic E-state index is 0.0630. The van der Waals surface area contributed by atoms with Gasteiger partial charge >= 0.3 is 0 Å². The molecule has 4 aromatic rings. The van der Waals surface area contributed by atoms with Gasteiger partial charge in [-0.05, 0) is 48.9 Å². The molecule has 1 aliphatic heterocycles. The highest BCUT2D eigenvalue weighted by molar-refractivity contribution is 6.22. The highest BCUT2D eigenvalue weighted by Crippen LogP contribution is 2.46. The van der Waals surface area contributed by atoms with E-state index >= 15 is 0 Å². The number of fused-ring (bicyclic) bond motifs is 4. The first-order valence-electron chi connectivity index (χ1n) is 10.5. The molecule has 1 aliphatic carbocycles. The monoisotopic (exact) mass is 395 g/mol. The van der Waals surface area contributed by atoms with Crippen molar-refractivity contribution in [1.29, 1.82) is 0 Å². The number of imide groups is 1. The van der Waals surface area contributed by atoms with Crippen molar-refractivity contribution in [3.8, 4) is 0 Å². The summed E-state index contributed by atoms with van der Waals surface area (Å²) in [5.41, 5.74) is 3.38. The van der Waals surface area contributed by atoms with E-state index in [1.807, 2.05) is 60.7 Å². The quantitative estimate of drug-likeness (QED) is 0.412. The molecule has 0 radical (unpaired) electrons. The van der Waals surface area contributed by atoms with Crippen LogP contribution < -0.4 is 4.90 Å². The molecule has 3 aromatic carbocycles. The maximum Gasteiger partial charge on any atom is 0.237 e. The second-order valence-corrected chi connectivity index (χ2v) is 8.42. The van der Waals surface area contributed by atoms with Crippen LogP contribution in [0.15, 0.2) is 77.2 Å². The van der Waals surface area contributed by atoms with Crippen LogP contribution >= 0.6 is 0 Å². The molecular formula is C26H21NO3. The topological polar surface area (TPSA) is 50.5 Å². The van der Waals surface area contributed by atoms with Crippen molar-refractivity contribution in [3.05, 3.63) is 78.4 Å². The Bertz CT molecular complexity index is 1290. The van der Waals surface area contributed by atoms with Gasteiger partial charge in [-0.3, -0.25) is 9.59 Å². The van der Waals surface area contributed by atoms with Crippen molar-refractivity contribution in [1.82, 2.24) is 0 Å². The normalized spacial score (nSPS) is 24.0. The molecule has 1 saturated heterocycles. The summed E-state index contributed by atoms with van der Waals surface area (Å²) in [5, 5.41) is 2.03. The highest BCUT2D eigenvalue weighted by atomic mass is 16.3. The lowest BCUT2D eigenvalue weighted by Crippen LogP contribution is -2.30. The summed E-state index contributed by atoms with van der Waals surface area (Å²) in [5.74, 6) is -0.235. The number of anilines is 1. The molecule has 1 aromatic heterocycles. The molecule has 30 heavy (non-hydrogen) atoms. The van der Waals surface area contributed by atoms with Gasteiger partial charge in [0.2, 0.25) is 11.8 Å². The number of rotatable bonds is 2. The molecule has 2 heterocycles. The smallest absolute Gasteiger partial charge is 0.237 e. The van der Waals surface area contributed by atoms with Gasteiger partial charge in [-0.15, -0.1) is 0 Å². The van der Waals surface area contributed by atoms with Crippen molar-refractivity contribution in [2.24, 2.45) is 11.8 Å². The van der Waals surface area contributed by atoms with Gasteiger partial charge in [0.25, 0.3) is 0 Å². The van der Waals surface area contributed by atoms with Crippen LogP contribution in [0, 0.1) is 11.8 Å². The van der Waals surface area contributed by atoms with E-state index in [0.29, 0.717) is 17.2 Å². The van der Waals surface area contributed by atoms with Crippen LogP contribution in [0.4, 0.5) is 5.69 Å². The van der Waals surface area contributed by atoms with E-state index in [2.05, 4.69) is 12.1 Å². The number of hydrogen-bond acceptors (Lipinski definition) is 3. The van der Waals surface area contributed by atoms with Crippen molar-refractivity contribution in [2.45, 2.75) is 25.2 Å². The Morgan fingerprint density at radius 1 is 0.733 bits per heavy atom. The fourth-order valence-electron chi connectivity index (χ4n) is 5.32. The molecule has 6 rings (SSSR count). The molecule has 4 heteroatoms. The molecule has 0 bridgehead atoms. The summed E-state index contributed by atoms with van der Waals surface area (Å²) in [6.45, 7) is 0. The average molecular weight is 395 g/mol. The summed E-state index contributed by atoms with van der Waals surface area (Å²) in [6.07, 6.45) is 2.45. The van der Waals surface area contributed by atoms with E-state index in [1.54, 1.807) is 0 Å². The van der Waals surface area contributed by atoms with Crippen LogP contribution in [0.2, 0.25) is 0 Å². The molecule has 2 aliphatic rings. The van der Waals surface area contributed by atoms with Crippen LogP contribution in [-0.2, 0) is 9.59 Å². The molecular weight excluding hydrogens is 374 g/mol. The summed E-state index contributed by atoms with van der Waals surface area (Å²) in [4.78, 5) is 27.9. The van der Waals surface area contributed by atoms with Gasteiger partial charge in [-0.1, -0.05) is 48.5 Å². The summed E-state index contributed by atoms with van der Waals surface area (Å²) in [6, 6.07) is 23.9. The van der Waals surface area contributed by atoms with Gasteiger partial charge in [0.15, 0.2) is 0 Å². The standard InChI is InChI=1S/C26H21NO3/c28-25-21-12-10-17(16-6-2-1-3-7-16)14-22(21)26(29)27(25)18-11-13-20-19-8-4-5-9-23(19)30-24(20)15-18/h1-9,11,13,15,17,21-22H,10,12,14H2/t17-,21+,22+/m0/s1. The van der Waals surface area contributed by atoms with Gasteiger partial charge < -0.3 is 4.42 Å². The SMILES string of the molecule is O=C1[C@@H]2CC[C@H](c3ccccc3)C[C@H]2C(=O)N1c1ccc2c(c1)oc1ccccc12. The number of hydrogen-bond donors (Lipinski definition) is 0.